The molecule has 0 aliphatic carbocycles. The molecule has 0 aromatic carbocycles. The molecule has 0 amide bonds. The number of nitrogens with one attached hydrogen (secondary N) is 2. The van der Waals surface area contributed by atoms with Crippen LogP contribution in [0.25, 0.3) is 0 Å². The van der Waals surface area contributed by atoms with Crippen LogP contribution in [0.4, 0.5) is 0 Å². The van der Waals surface area contributed by atoms with Crippen LogP contribution in [-0.2, 0) is 0 Å². The minimum Gasteiger partial charge on any atom is -0.389 e. The van der Waals surface area contributed by atoms with Crippen molar-refractivity contribution in [1.82, 2.24) is 10.6 Å². The molecular formula is C8H18N2O. The van der Waals surface area contributed by atoms with E-state index in [9.17, 15) is 5.11 Å². The highest BCUT2D eigenvalue weighted by atomic mass is 16.3. The lowest BCUT2D eigenvalue weighted by molar-refractivity contribution is 0.0369. The van der Waals surface area contributed by atoms with Crippen molar-refractivity contribution in [2.24, 2.45) is 0 Å². The van der Waals surface area contributed by atoms with Gasteiger partial charge in [-0.3, -0.25) is 0 Å². The first-order chi connectivity index (χ1) is 5.00. The van der Waals surface area contributed by atoms with E-state index in [1.807, 2.05) is 20.8 Å². The second-order valence-corrected chi connectivity index (χ2v) is 3.90. The molecule has 3 heteroatoms. The summed E-state index contributed by atoms with van der Waals surface area (Å²) in [4.78, 5) is 0. The van der Waals surface area contributed by atoms with Crippen LogP contribution in [0.2, 0.25) is 0 Å². The third-order valence-electron chi connectivity index (χ3n) is 2.33. The normalized spacial score (nSPS) is 22.9. The second kappa shape index (κ2) is 3.09. The van der Waals surface area contributed by atoms with Crippen molar-refractivity contribution in [3.8, 4) is 0 Å². The van der Waals surface area contributed by atoms with Gasteiger partial charge in [-0.05, 0) is 20.8 Å². The van der Waals surface area contributed by atoms with Gasteiger partial charge in [-0.2, -0.15) is 0 Å². The molecule has 0 saturated carbocycles. The van der Waals surface area contributed by atoms with Crippen LogP contribution in [0.1, 0.15) is 20.8 Å². The SMILES string of the molecule is CC(NC1CNC1)C(C)(C)O. The van der Waals surface area contributed by atoms with Gasteiger partial charge in [0.2, 0.25) is 0 Å². The molecule has 1 heterocycles. The third-order valence-corrected chi connectivity index (χ3v) is 2.33. The largest absolute Gasteiger partial charge is 0.389 e. The molecule has 1 saturated heterocycles. The van der Waals surface area contributed by atoms with Crippen LogP contribution < -0.4 is 10.6 Å². The predicted octanol–water partition coefficient (Wildman–Crippen LogP) is -0.293. The molecule has 3 nitrogen and oxygen atoms in total. The molecule has 11 heavy (non-hydrogen) atoms. The van der Waals surface area contributed by atoms with Crippen LogP contribution in [-0.4, -0.2) is 35.9 Å². The Hall–Kier alpha value is -0.120. The Balaban J connectivity index is 2.24. The van der Waals surface area contributed by atoms with Gasteiger partial charge in [0.15, 0.2) is 0 Å². The summed E-state index contributed by atoms with van der Waals surface area (Å²) in [5.74, 6) is 0. The zero-order valence-corrected chi connectivity index (χ0v) is 7.52. The lowest BCUT2D eigenvalue weighted by Crippen LogP contribution is -2.61. The number of rotatable bonds is 3. The number of hydrogen-bond donors (Lipinski definition) is 3. The van der Waals surface area contributed by atoms with E-state index in [1.54, 1.807) is 0 Å². The molecule has 0 aromatic rings. The summed E-state index contributed by atoms with van der Waals surface area (Å²) >= 11 is 0. The fraction of sp³-hybridized carbons (Fsp3) is 1.00. The van der Waals surface area contributed by atoms with Crippen molar-refractivity contribution in [3.05, 3.63) is 0 Å². The van der Waals surface area contributed by atoms with E-state index in [-0.39, 0.29) is 6.04 Å². The molecule has 0 spiro atoms. The summed E-state index contributed by atoms with van der Waals surface area (Å²) in [5, 5.41) is 16.1. The first kappa shape index (κ1) is 8.97. The maximum absolute atomic E-state index is 9.57. The van der Waals surface area contributed by atoms with Crippen LogP contribution >= 0.6 is 0 Å². The van der Waals surface area contributed by atoms with E-state index in [0.717, 1.165) is 13.1 Å². The van der Waals surface area contributed by atoms with E-state index in [0.29, 0.717) is 6.04 Å². The van der Waals surface area contributed by atoms with Gasteiger partial charge in [-0.1, -0.05) is 0 Å². The van der Waals surface area contributed by atoms with E-state index in [2.05, 4.69) is 10.6 Å². The topological polar surface area (TPSA) is 44.3 Å². The average Bonchev–Trinajstić information content (AvgIpc) is 1.75. The standard InChI is InChI=1S/C8H18N2O/c1-6(8(2,3)11)10-7-4-9-5-7/h6-7,9-11H,4-5H2,1-3H3. The summed E-state index contributed by atoms with van der Waals surface area (Å²) in [7, 11) is 0. The van der Waals surface area contributed by atoms with Crippen molar-refractivity contribution in [3.63, 3.8) is 0 Å². The first-order valence-electron chi connectivity index (χ1n) is 4.19. The summed E-state index contributed by atoms with van der Waals surface area (Å²) in [6, 6.07) is 0.714. The molecule has 1 fully saturated rings. The Morgan fingerprint density at radius 2 is 2.09 bits per heavy atom. The van der Waals surface area contributed by atoms with Gasteiger partial charge < -0.3 is 15.7 Å². The average molecular weight is 158 g/mol. The van der Waals surface area contributed by atoms with Crippen molar-refractivity contribution >= 4 is 0 Å². The smallest absolute Gasteiger partial charge is 0.0741 e. The fourth-order valence-electron chi connectivity index (χ4n) is 0.964. The van der Waals surface area contributed by atoms with Gasteiger partial charge in [0.05, 0.1) is 5.60 Å². The third kappa shape index (κ3) is 2.43. The highest BCUT2D eigenvalue weighted by Crippen LogP contribution is 2.08. The minimum absolute atomic E-state index is 0.162. The molecule has 0 bridgehead atoms. The van der Waals surface area contributed by atoms with E-state index in [1.165, 1.54) is 0 Å². The maximum Gasteiger partial charge on any atom is 0.0741 e. The molecule has 0 radical (unpaired) electrons. The fourth-order valence-corrected chi connectivity index (χ4v) is 0.964. The van der Waals surface area contributed by atoms with Gasteiger partial charge in [0.25, 0.3) is 0 Å². The molecule has 66 valence electrons. The van der Waals surface area contributed by atoms with Crippen LogP contribution in [0.3, 0.4) is 0 Å². The summed E-state index contributed by atoms with van der Waals surface area (Å²) < 4.78 is 0. The molecule has 1 atom stereocenters. The van der Waals surface area contributed by atoms with E-state index in [4.69, 9.17) is 0 Å². The van der Waals surface area contributed by atoms with Gasteiger partial charge in [0, 0.05) is 25.2 Å². The predicted molar refractivity (Wildman–Crippen MR) is 45.6 cm³/mol. The molecule has 1 unspecified atom stereocenters. The monoisotopic (exact) mass is 158 g/mol. The summed E-state index contributed by atoms with van der Waals surface area (Å²) in [5.41, 5.74) is -0.615. The van der Waals surface area contributed by atoms with Crippen molar-refractivity contribution in [2.75, 3.05) is 13.1 Å². The Labute approximate surface area is 68.2 Å². The van der Waals surface area contributed by atoms with Crippen molar-refractivity contribution < 1.29 is 5.11 Å². The Morgan fingerprint density at radius 1 is 1.55 bits per heavy atom. The molecule has 0 aromatic heterocycles. The lowest BCUT2D eigenvalue weighted by Gasteiger charge is -2.35. The summed E-state index contributed by atoms with van der Waals surface area (Å²) in [6.45, 7) is 7.73. The Bertz CT molecular complexity index is 127. The highest BCUT2D eigenvalue weighted by molar-refractivity contribution is 4.88. The molecular weight excluding hydrogens is 140 g/mol. The zero-order chi connectivity index (χ0) is 8.48. The summed E-state index contributed by atoms with van der Waals surface area (Å²) in [6.07, 6.45) is 0. The molecule has 3 N–H and O–H groups in total. The van der Waals surface area contributed by atoms with Crippen LogP contribution in [0.15, 0.2) is 0 Å². The minimum atomic E-state index is -0.615. The van der Waals surface area contributed by atoms with Gasteiger partial charge >= 0.3 is 0 Å². The number of hydrogen-bond acceptors (Lipinski definition) is 3. The number of aliphatic hydroxyl groups is 1. The van der Waals surface area contributed by atoms with Gasteiger partial charge in [-0.15, -0.1) is 0 Å². The molecule has 1 rings (SSSR count). The van der Waals surface area contributed by atoms with Crippen molar-refractivity contribution in [1.29, 1.82) is 0 Å². The van der Waals surface area contributed by atoms with E-state index >= 15 is 0 Å². The van der Waals surface area contributed by atoms with Crippen molar-refractivity contribution in [2.45, 2.75) is 38.5 Å². The molecule has 1 aliphatic heterocycles. The van der Waals surface area contributed by atoms with Crippen LogP contribution in [0.5, 0.6) is 0 Å². The Kier molecular flexibility index (Phi) is 2.52. The Morgan fingerprint density at radius 3 is 2.36 bits per heavy atom. The van der Waals surface area contributed by atoms with Crippen LogP contribution in [0, 0.1) is 0 Å². The second-order valence-electron chi connectivity index (χ2n) is 3.90. The van der Waals surface area contributed by atoms with Gasteiger partial charge in [0.1, 0.15) is 0 Å². The molecule has 1 aliphatic rings. The van der Waals surface area contributed by atoms with Gasteiger partial charge in [-0.25, -0.2) is 0 Å². The zero-order valence-electron chi connectivity index (χ0n) is 7.52. The first-order valence-corrected chi connectivity index (χ1v) is 4.19. The quantitative estimate of drug-likeness (QED) is 0.529. The van der Waals surface area contributed by atoms with E-state index < -0.39 is 5.60 Å². The maximum atomic E-state index is 9.57. The highest BCUT2D eigenvalue weighted by Gasteiger charge is 2.26. The lowest BCUT2D eigenvalue weighted by atomic mass is 9.99.